The zero-order valence-corrected chi connectivity index (χ0v) is 14.4. The number of fused-ring (bicyclic) bond motifs is 1. The van der Waals surface area contributed by atoms with Crippen LogP contribution >= 0.6 is 0 Å². The van der Waals surface area contributed by atoms with Crippen molar-refractivity contribution in [3.63, 3.8) is 0 Å². The minimum Gasteiger partial charge on any atom is -0.347 e. The topological polar surface area (TPSA) is 63.9 Å². The molecule has 0 fully saturated rings. The third kappa shape index (κ3) is 3.37. The van der Waals surface area contributed by atoms with E-state index in [2.05, 4.69) is 15.1 Å². The molecule has 0 saturated heterocycles. The van der Waals surface area contributed by atoms with Gasteiger partial charge >= 0.3 is 0 Å². The maximum absolute atomic E-state index is 13.7. The summed E-state index contributed by atoms with van der Waals surface area (Å²) < 4.78 is 42.2. The van der Waals surface area contributed by atoms with E-state index < -0.39 is 17.3 Å². The molecule has 3 rings (SSSR count). The van der Waals surface area contributed by atoms with E-state index in [1.165, 1.54) is 28.0 Å². The first-order valence-corrected chi connectivity index (χ1v) is 7.74. The number of aromatic nitrogens is 4. The van der Waals surface area contributed by atoms with Gasteiger partial charge in [-0.15, -0.1) is 0 Å². The van der Waals surface area contributed by atoms with Crippen LogP contribution in [0.5, 0.6) is 0 Å². The minimum absolute atomic E-state index is 0.0314. The monoisotopic (exact) mass is 363 g/mol. The third-order valence-electron chi connectivity index (χ3n) is 3.86. The Labute approximate surface area is 147 Å². The number of alkyl halides is 2. The van der Waals surface area contributed by atoms with Crippen LogP contribution in [0.25, 0.3) is 22.4 Å². The Balaban J connectivity index is 2.05. The van der Waals surface area contributed by atoms with Crippen molar-refractivity contribution in [3.05, 3.63) is 42.0 Å². The lowest BCUT2D eigenvalue weighted by molar-refractivity contribution is -0.129. The molecule has 2 heterocycles. The number of carbonyl (C=O) groups is 1. The van der Waals surface area contributed by atoms with Crippen LogP contribution in [-0.2, 0) is 17.3 Å². The van der Waals surface area contributed by atoms with Crippen molar-refractivity contribution in [2.24, 2.45) is 0 Å². The summed E-state index contributed by atoms with van der Waals surface area (Å²) in [5.41, 5.74) is 0.662. The Bertz CT molecular complexity index is 978. The standard InChI is InChI=1S/C17H16F3N5O/c1-17(19,20)11-6-10(4-5-12(11)18)13-7-21-14-8-22-25(16(14)23-13)9-15(26)24(2)3/h4-8H,9H2,1-3H3. The van der Waals surface area contributed by atoms with Crippen molar-refractivity contribution in [3.8, 4) is 11.3 Å². The molecular weight excluding hydrogens is 347 g/mol. The second-order valence-corrected chi connectivity index (χ2v) is 6.14. The highest BCUT2D eigenvalue weighted by Gasteiger charge is 2.28. The number of likely N-dealkylation sites (N-methyl/N-ethyl adjacent to an activating group) is 1. The predicted molar refractivity (Wildman–Crippen MR) is 89.0 cm³/mol. The van der Waals surface area contributed by atoms with Crippen molar-refractivity contribution < 1.29 is 18.0 Å². The molecule has 0 unspecified atom stereocenters. The SMILES string of the molecule is CN(C)C(=O)Cn1ncc2ncc(-c3ccc(F)c(C(C)(F)F)c3)nc21. The van der Waals surface area contributed by atoms with E-state index in [1.807, 2.05) is 0 Å². The normalized spacial score (nSPS) is 11.8. The lowest BCUT2D eigenvalue weighted by atomic mass is 10.0. The molecule has 136 valence electrons. The van der Waals surface area contributed by atoms with Crippen molar-refractivity contribution in [1.29, 1.82) is 0 Å². The number of hydrogen-bond donors (Lipinski definition) is 0. The van der Waals surface area contributed by atoms with Gasteiger partial charge in [-0.05, 0) is 18.2 Å². The number of amides is 1. The Morgan fingerprint density at radius 1 is 1.27 bits per heavy atom. The number of carbonyl (C=O) groups excluding carboxylic acids is 1. The van der Waals surface area contributed by atoms with Gasteiger partial charge in [0, 0.05) is 26.6 Å². The van der Waals surface area contributed by atoms with Gasteiger partial charge in [-0.2, -0.15) is 5.10 Å². The molecule has 1 amide bonds. The summed E-state index contributed by atoms with van der Waals surface area (Å²) in [4.78, 5) is 21.9. The van der Waals surface area contributed by atoms with Crippen molar-refractivity contribution in [1.82, 2.24) is 24.6 Å². The number of hydrogen-bond acceptors (Lipinski definition) is 4. The zero-order chi connectivity index (χ0) is 19.1. The van der Waals surface area contributed by atoms with E-state index in [0.717, 1.165) is 12.1 Å². The van der Waals surface area contributed by atoms with Crippen LogP contribution in [0.1, 0.15) is 12.5 Å². The third-order valence-corrected chi connectivity index (χ3v) is 3.86. The predicted octanol–water partition coefficient (Wildman–Crippen LogP) is 2.83. The number of rotatable bonds is 4. The van der Waals surface area contributed by atoms with Crippen LogP contribution in [0.15, 0.2) is 30.6 Å². The molecule has 3 aromatic rings. The quantitative estimate of drug-likeness (QED) is 0.715. The summed E-state index contributed by atoms with van der Waals surface area (Å²) >= 11 is 0. The smallest absolute Gasteiger partial charge is 0.273 e. The van der Waals surface area contributed by atoms with Crippen LogP contribution in [0.3, 0.4) is 0 Å². The molecule has 26 heavy (non-hydrogen) atoms. The maximum Gasteiger partial charge on any atom is 0.273 e. The van der Waals surface area contributed by atoms with Crippen molar-refractivity contribution in [2.45, 2.75) is 19.4 Å². The molecule has 0 aliphatic heterocycles. The Kier molecular flexibility index (Phi) is 4.39. The highest BCUT2D eigenvalue weighted by Crippen LogP contribution is 2.32. The first kappa shape index (κ1) is 17.8. The Morgan fingerprint density at radius 2 is 2.00 bits per heavy atom. The molecule has 0 N–H and O–H groups in total. The summed E-state index contributed by atoms with van der Waals surface area (Å²) in [5.74, 6) is -4.49. The summed E-state index contributed by atoms with van der Waals surface area (Å²) in [6.45, 7) is 0.600. The largest absolute Gasteiger partial charge is 0.347 e. The highest BCUT2D eigenvalue weighted by molar-refractivity contribution is 5.79. The van der Waals surface area contributed by atoms with E-state index in [1.54, 1.807) is 14.1 Å². The summed E-state index contributed by atoms with van der Waals surface area (Å²) in [5, 5.41) is 4.09. The van der Waals surface area contributed by atoms with Gasteiger partial charge in [0.25, 0.3) is 5.92 Å². The summed E-state index contributed by atoms with van der Waals surface area (Å²) in [6, 6.07) is 3.38. The van der Waals surface area contributed by atoms with Crippen molar-refractivity contribution in [2.75, 3.05) is 14.1 Å². The molecule has 0 aliphatic carbocycles. The average Bonchev–Trinajstić information content (AvgIpc) is 2.96. The lowest BCUT2D eigenvalue weighted by Gasteiger charge is -2.13. The van der Waals surface area contributed by atoms with Gasteiger partial charge in [-0.3, -0.25) is 4.79 Å². The first-order valence-electron chi connectivity index (χ1n) is 7.74. The molecule has 0 atom stereocenters. The van der Waals surface area contributed by atoms with E-state index in [0.29, 0.717) is 23.7 Å². The van der Waals surface area contributed by atoms with Gasteiger partial charge in [0.2, 0.25) is 5.91 Å². The molecule has 0 saturated carbocycles. The second-order valence-electron chi connectivity index (χ2n) is 6.14. The van der Waals surface area contributed by atoms with Crippen LogP contribution in [0.2, 0.25) is 0 Å². The van der Waals surface area contributed by atoms with E-state index in [9.17, 15) is 18.0 Å². The Morgan fingerprint density at radius 3 is 2.65 bits per heavy atom. The fourth-order valence-electron chi connectivity index (χ4n) is 2.39. The van der Waals surface area contributed by atoms with Crippen molar-refractivity contribution >= 4 is 17.1 Å². The van der Waals surface area contributed by atoms with E-state index in [4.69, 9.17) is 0 Å². The van der Waals surface area contributed by atoms with Gasteiger partial charge in [-0.25, -0.2) is 27.8 Å². The number of benzene rings is 1. The maximum atomic E-state index is 13.7. The summed E-state index contributed by atoms with van der Waals surface area (Å²) in [7, 11) is 3.24. The molecule has 6 nitrogen and oxygen atoms in total. The van der Waals surface area contributed by atoms with Gasteiger partial charge < -0.3 is 4.90 Å². The summed E-state index contributed by atoms with van der Waals surface area (Å²) in [6.07, 6.45) is 2.86. The minimum atomic E-state index is -3.32. The first-order chi connectivity index (χ1) is 12.2. The lowest BCUT2D eigenvalue weighted by Crippen LogP contribution is -2.26. The van der Waals surface area contributed by atoms with Crippen LogP contribution in [0, 0.1) is 5.82 Å². The Hall–Kier alpha value is -2.97. The van der Waals surface area contributed by atoms with Crippen LogP contribution in [-0.4, -0.2) is 44.7 Å². The van der Waals surface area contributed by atoms with Gasteiger partial charge in [0.15, 0.2) is 5.65 Å². The van der Waals surface area contributed by atoms with E-state index in [-0.39, 0.29) is 18.1 Å². The van der Waals surface area contributed by atoms with Crippen LogP contribution < -0.4 is 0 Å². The molecule has 9 heteroatoms. The molecular formula is C17H16F3N5O. The second kappa shape index (κ2) is 6.40. The van der Waals surface area contributed by atoms with Gasteiger partial charge in [0.1, 0.15) is 17.9 Å². The molecule has 0 radical (unpaired) electrons. The molecule has 0 spiro atoms. The van der Waals surface area contributed by atoms with E-state index >= 15 is 0 Å². The molecule has 0 bridgehead atoms. The zero-order valence-electron chi connectivity index (χ0n) is 14.4. The fourth-order valence-corrected chi connectivity index (χ4v) is 2.39. The number of halogens is 3. The fraction of sp³-hybridized carbons (Fsp3) is 0.294. The van der Waals surface area contributed by atoms with Gasteiger partial charge in [-0.1, -0.05) is 0 Å². The molecule has 2 aromatic heterocycles. The number of nitrogens with zero attached hydrogens (tertiary/aromatic N) is 5. The average molecular weight is 363 g/mol. The highest BCUT2D eigenvalue weighted by atomic mass is 19.3. The molecule has 0 aliphatic rings. The van der Waals surface area contributed by atoms with Gasteiger partial charge in [0.05, 0.1) is 23.7 Å². The molecule has 1 aromatic carbocycles. The van der Waals surface area contributed by atoms with Crippen LogP contribution in [0.4, 0.5) is 13.2 Å².